The highest BCUT2D eigenvalue weighted by Gasteiger charge is 2.32. The average molecular weight is 337 g/mol. The molecule has 2 aromatic heterocycles. The first-order valence-electron chi connectivity index (χ1n) is 7.90. The molecule has 1 fully saturated rings. The predicted molar refractivity (Wildman–Crippen MR) is 82.4 cm³/mol. The molecule has 0 N–H and O–H groups in total. The number of Topliss-reactive ketones (excluding diaryl/α,β-unsaturated/α-hetero) is 1. The second-order valence-corrected chi connectivity index (χ2v) is 6.40. The fraction of sp³-hybridized carbons (Fsp3) is 0.471. The minimum absolute atomic E-state index is 0.104. The van der Waals surface area contributed by atoms with Gasteiger partial charge >= 0.3 is 6.18 Å². The molecule has 128 valence electrons. The van der Waals surface area contributed by atoms with Crippen LogP contribution in [0, 0.1) is 0 Å². The summed E-state index contributed by atoms with van der Waals surface area (Å²) in [6, 6.07) is 4.31. The summed E-state index contributed by atoms with van der Waals surface area (Å²) in [5, 5.41) is 4.53. The van der Waals surface area contributed by atoms with Gasteiger partial charge in [-0.1, -0.05) is 0 Å². The Morgan fingerprint density at radius 1 is 1.29 bits per heavy atom. The summed E-state index contributed by atoms with van der Waals surface area (Å²) in [4.78, 5) is 15.1. The van der Waals surface area contributed by atoms with Crippen molar-refractivity contribution in [2.24, 2.45) is 0 Å². The van der Waals surface area contributed by atoms with E-state index in [0.717, 1.165) is 18.2 Å². The van der Waals surface area contributed by atoms with Gasteiger partial charge in [0.15, 0.2) is 0 Å². The molecule has 4 nitrogen and oxygen atoms in total. The highest BCUT2D eigenvalue weighted by Crippen LogP contribution is 2.35. The first kappa shape index (κ1) is 16.7. The van der Waals surface area contributed by atoms with Gasteiger partial charge in [0.25, 0.3) is 0 Å². The molecule has 0 unspecified atom stereocenters. The van der Waals surface area contributed by atoms with Crippen LogP contribution in [0.2, 0.25) is 0 Å². The lowest BCUT2D eigenvalue weighted by Gasteiger charge is -2.14. The molecule has 3 rings (SSSR count). The topological polar surface area (TPSA) is 47.8 Å². The maximum Gasteiger partial charge on any atom is 0.433 e. The number of pyridine rings is 1. The molecule has 0 bridgehead atoms. The van der Waals surface area contributed by atoms with Crippen LogP contribution in [0.3, 0.4) is 0 Å². The van der Waals surface area contributed by atoms with Crippen molar-refractivity contribution in [2.45, 2.75) is 51.2 Å². The van der Waals surface area contributed by atoms with Gasteiger partial charge in [-0.15, -0.1) is 0 Å². The number of alkyl halides is 3. The molecule has 0 saturated heterocycles. The minimum Gasteiger partial charge on any atom is -0.300 e. The number of ketones is 1. The molecule has 0 radical (unpaired) electrons. The molecule has 0 spiro atoms. The van der Waals surface area contributed by atoms with E-state index in [9.17, 15) is 18.0 Å². The van der Waals surface area contributed by atoms with Crippen molar-refractivity contribution in [2.75, 3.05) is 0 Å². The largest absolute Gasteiger partial charge is 0.433 e. The second kappa shape index (κ2) is 6.03. The summed E-state index contributed by atoms with van der Waals surface area (Å²) in [5.74, 6) is 0.373. The van der Waals surface area contributed by atoms with Crippen molar-refractivity contribution in [3.8, 4) is 11.3 Å². The van der Waals surface area contributed by atoms with Crippen molar-refractivity contribution in [3.05, 3.63) is 35.8 Å². The summed E-state index contributed by atoms with van der Waals surface area (Å²) < 4.78 is 39.7. The number of hydrogen-bond donors (Lipinski definition) is 0. The van der Waals surface area contributed by atoms with Crippen molar-refractivity contribution in [1.29, 1.82) is 0 Å². The lowest BCUT2D eigenvalue weighted by Crippen LogP contribution is -2.10. The van der Waals surface area contributed by atoms with Crippen LogP contribution >= 0.6 is 0 Å². The third kappa shape index (κ3) is 3.20. The number of carbonyl (C=O) groups is 1. The zero-order valence-corrected chi connectivity index (χ0v) is 13.5. The van der Waals surface area contributed by atoms with Gasteiger partial charge in [0.05, 0.1) is 5.69 Å². The van der Waals surface area contributed by atoms with Gasteiger partial charge < -0.3 is 0 Å². The van der Waals surface area contributed by atoms with E-state index in [0.29, 0.717) is 24.1 Å². The monoisotopic (exact) mass is 337 g/mol. The Morgan fingerprint density at radius 2 is 2.04 bits per heavy atom. The SMILES string of the molecule is CC(C)n1nc(-c2ccc(C(F)(F)F)nc2)cc1[C@@H]1CCC(=O)C1. The van der Waals surface area contributed by atoms with Gasteiger partial charge in [-0.25, -0.2) is 0 Å². The number of aromatic nitrogens is 3. The van der Waals surface area contributed by atoms with E-state index in [-0.39, 0.29) is 17.7 Å². The van der Waals surface area contributed by atoms with Crippen LogP contribution in [-0.4, -0.2) is 20.5 Å². The Balaban J connectivity index is 1.95. The molecular formula is C17H18F3N3O. The highest BCUT2D eigenvalue weighted by molar-refractivity contribution is 5.81. The smallest absolute Gasteiger partial charge is 0.300 e. The van der Waals surface area contributed by atoms with Crippen molar-refractivity contribution in [1.82, 2.24) is 14.8 Å². The number of nitrogens with zero attached hydrogens (tertiary/aromatic N) is 3. The van der Waals surface area contributed by atoms with Crippen molar-refractivity contribution >= 4 is 5.78 Å². The molecular weight excluding hydrogens is 319 g/mol. The molecule has 1 atom stereocenters. The van der Waals surface area contributed by atoms with Gasteiger partial charge in [-0.2, -0.15) is 18.3 Å². The van der Waals surface area contributed by atoms with Gasteiger partial charge in [0.1, 0.15) is 11.5 Å². The van der Waals surface area contributed by atoms with Crippen LogP contribution in [0.4, 0.5) is 13.2 Å². The summed E-state index contributed by atoms with van der Waals surface area (Å²) in [7, 11) is 0. The van der Waals surface area contributed by atoms with Gasteiger partial charge in [0.2, 0.25) is 0 Å². The van der Waals surface area contributed by atoms with Gasteiger partial charge in [-0.3, -0.25) is 14.5 Å². The molecule has 1 aliphatic rings. The molecule has 24 heavy (non-hydrogen) atoms. The number of rotatable bonds is 3. The fourth-order valence-electron chi connectivity index (χ4n) is 3.05. The first-order chi connectivity index (χ1) is 11.3. The zero-order valence-electron chi connectivity index (χ0n) is 13.5. The lowest BCUT2D eigenvalue weighted by molar-refractivity contribution is -0.141. The van der Waals surface area contributed by atoms with E-state index >= 15 is 0 Å². The van der Waals surface area contributed by atoms with Crippen LogP contribution in [-0.2, 0) is 11.0 Å². The quantitative estimate of drug-likeness (QED) is 0.835. The van der Waals surface area contributed by atoms with Crippen LogP contribution in [0.5, 0.6) is 0 Å². The van der Waals surface area contributed by atoms with Crippen molar-refractivity contribution < 1.29 is 18.0 Å². The second-order valence-electron chi connectivity index (χ2n) is 6.40. The Labute approximate surface area is 137 Å². The highest BCUT2D eigenvalue weighted by atomic mass is 19.4. The number of hydrogen-bond acceptors (Lipinski definition) is 3. The maximum atomic E-state index is 12.6. The summed E-state index contributed by atoms with van der Waals surface area (Å²) in [6.07, 6.45) is -1.39. The molecule has 2 aromatic rings. The Bertz CT molecular complexity index is 747. The van der Waals surface area contributed by atoms with E-state index in [1.807, 2.05) is 24.6 Å². The third-order valence-corrected chi connectivity index (χ3v) is 4.27. The fourth-order valence-corrected chi connectivity index (χ4v) is 3.05. The molecule has 7 heteroatoms. The summed E-state index contributed by atoms with van der Waals surface area (Å²) in [5.41, 5.74) is 1.16. The Hall–Kier alpha value is -2.18. The summed E-state index contributed by atoms with van der Waals surface area (Å²) >= 11 is 0. The molecule has 2 heterocycles. The first-order valence-corrected chi connectivity index (χ1v) is 7.90. The lowest BCUT2D eigenvalue weighted by atomic mass is 10.0. The van der Waals surface area contributed by atoms with E-state index in [4.69, 9.17) is 0 Å². The minimum atomic E-state index is -4.45. The predicted octanol–water partition coefficient (Wildman–Crippen LogP) is 4.38. The van der Waals surface area contributed by atoms with E-state index in [1.165, 1.54) is 12.3 Å². The zero-order chi connectivity index (χ0) is 17.5. The number of halogens is 3. The maximum absolute atomic E-state index is 12.6. The third-order valence-electron chi connectivity index (χ3n) is 4.27. The number of carbonyl (C=O) groups excluding carboxylic acids is 1. The van der Waals surface area contributed by atoms with E-state index < -0.39 is 11.9 Å². The normalized spacial score (nSPS) is 18.6. The van der Waals surface area contributed by atoms with Crippen LogP contribution in [0.15, 0.2) is 24.4 Å². The van der Waals surface area contributed by atoms with Crippen molar-refractivity contribution in [3.63, 3.8) is 0 Å². The molecule has 1 aliphatic carbocycles. The van der Waals surface area contributed by atoms with E-state index in [2.05, 4.69) is 10.1 Å². The average Bonchev–Trinajstić information content (AvgIpc) is 3.12. The Morgan fingerprint density at radius 3 is 2.54 bits per heavy atom. The molecule has 0 amide bonds. The molecule has 0 aromatic carbocycles. The molecule has 0 aliphatic heterocycles. The Kier molecular flexibility index (Phi) is 4.19. The van der Waals surface area contributed by atoms with Crippen LogP contribution in [0.1, 0.15) is 56.5 Å². The standard InChI is InChI=1S/C17H18F3N3O/c1-10(2)23-15(11-3-5-13(24)7-11)8-14(22-23)12-4-6-16(21-9-12)17(18,19)20/h4,6,8-11H,3,5,7H2,1-2H3/t11-/m1/s1. The van der Waals surface area contributed by atoms with E-state index in [1.54, 1.807) is 0 Å². The molecule has 1 saturated carbocycles. The van der Waals surface area contributed by atoms with Gasteiger partial charge in [0, 0.05) is 42.3 Å². The van der Waals surface area contributed by atoms with Crippen LogP contribution < -0.4 is 0 Å². The van der Waals surface area contributed by atoms with Crippen LogP contribution in [0.25, 0.3) is 11.3 Å². The summed E-state index contributed by atoms with van der Waals surface area (Å²) in [6.45, 7) is 3.98. The van der Waals surface area contributed by atoms with Gasteiger partial charge in [-0.05, 0) is 38.5 Å².